The molecule has 0 atom stereocenters. The van der Waals surface area contributed by atoms with Crippen molar-refractivity contribution in [3.8, 4) is 17.2 Å². The number of carbonyl (C=O) groups excluding carboxylic acids is 2. The van der Waals surface area contributed by atoms with Gasteiger partial charge in [-0.2, -0.15) is 0 Å². The van der Waals surface area contributed by atoms with Gasteiger partial charge in [-0.3, -0.25) is 14.6 Å². The third-order valence-electron chi connectivity index (χ3n) is 8.32. The van der Waals surface area contributed by atoms with Crippen molar-refractivity contribution in [2.24, 2.45) is 5.41 Å². The summed E-state index contributed by atoms with van der Waals surface area (Å²) in [5.74, 6) is 1.27. The molecule has 0 amide bonds. The quantitative estimate of drug-likeness (QED) is 0.240. The minimum Gasteiger partial charge on any atom is -0.496 e. The van der Waals surface area contributed by atoms with Crippen LogP contribution in [0.1, 0.15) is 48.8 Å². The van der Waals surface area contributed by atoms with Crippen LogP contribution < -0.4 is 9.47 Å². The van der Waals surface area contributed by atoms with Crippen LogP contribution in [0.15, 0.2) is 72.9 Å². The Balaban J connectivity index is 1.16. The first-order valence-electron chi connectivity index (χ1n) is 13.6. The first-order valence-corrected chi connectivity index (χ1v) is 13.6. The summed E-state index contributed by atoms with van der Waals surface area (Å²) < 4.78 is 25.0. The third kappa shape index (κ3) is 4.86. The summed E-state index contributed by atoms with van der Waals surface area (Å²) >= 11 is 0. The third-order valence-corrected chi connectivity index (χ3v) is 8.32. The molecule has 1 aromatic heterocycles. The van der Waals surface area contributed by atoms with Crippen LogP contribution in [0.3, 0.4) is 0 Å². The molecule has 0 unspecified atom stereocenters. The van der Waals surface area contributed by atoms with E-state index >= 15 is 0 Å². The zero-order chi connectivity index (χ0) is 27.9. The number of Topliss-reactive ketones (excluding diaryl/α,β-unsaturated/α-hetero) is 2. The summed E-state index contributed by atoms with van der Waals surface area (Å²) in [4.78, 5) is 30.6. The van der Waals surface area contributed by atoms with Crippen molar-refractivity contribution in [2.75, 3.05) is 7.11 Å². The lowest BCUT2D eigenvalue weighted by Crippen LogP contribution is -2.34. The SMILES string of the molecule is COc1cc2nccc(Oc3ccc(CC(=O)C4(C(=O)Cc5ccc(F)cc5)CC4)cc3)c2cc1C1(O)CCC1. The molecule has 6 rings (SSSR count). The average Bonchev–Trinajstić information content (AvgIpc) is 3.76. The Morgan fingerprint density at radius 1 is 0.875 bits per heavy atom. The Bertz CT molecular complexity index is 1590. The highest BCUT2D eigenvalue weighted by Gasteiger charge is 2.54. The van der Waals surface area contributed by atoms with Crippen LogP contribution in [0.4, 0.5) is 4.39 Å². The second kappa shape index (κ2) is 10.1. The van der Waals surface area contributed by atoms with Crippen LogP contribution in [0.2, 0.25) is 0 Å². The Labute approximate surface area is 231 Å². The van der Waals surface area contributed by atoms with Gasteiger partial charge in [0, 0.05) is 36.1 Å². The molecule has 2 aliphatic rings. The van der Waals surface area contributed by atoms with E-state index in [0.717, 1.165) is 22.9 Å². The lowest BCUT2D eigenvalue weighted by Gasteiger charge is -2.38. The van der Waals surface area contributed by atoms with E-state index in [1.165, 1.54) is 12.1 Å². The second-order valence-corrected chi connectivity index (χ2v) is 10.9. The number of halogens is 1. The number of methoxy groups -OCH3 is 1. The van der Waals surface area contributed by atoms with E-state index in [4.69, 9.17) is 9.47 Å². The lowest BCUT2D eigenvalue weighted by molar-refractivity contribution is -0.133. The Morgan fingerprint density at radius 3 is 2.05 bits per heavy atom. The molecule has 0 aliphatic heterocycles. The fourth-order valence-electron chi connectivity index (χ4n) is 5.50. The summed E-state index contributed by atoms with van der Waals surface area (Å²) in [5.41, 5.74) is 1.12. The largest absolute Gasteiger partial charge is 0.496 e. The van der Waals surface area contributed by atoms with Gasteiger partial charge >= 0.3 is 0 Å². The minimum absolute atomic E-state index is 0.0798. The van der Waals surface area contributed by atoms with Crippen LogP contribution in [0.5, 0.6) is 17.2 Å². The van der Waals surface area contributed by atoms with Crippen LogP contribution >= 0.6 is 0 Å². The number of ether oxygens (including phenoxy) is 2. The molecule has 3 aromatic carbocycles. The Kier molecular flexibility index (Phi) is 6.62. The van der Waals surface area contributed by atoms with Crippen molar-refractivity contribution in [2.45, 2.75) is 50.5 Å². The number of ketones is 2. The summed E-state index contributed by atoms with van der Waals surface area (Å²) in [5, 5.41) is 11.8. The molecule has 0 spiro atoms. The highest BCUT2D eigenvalue weighted by Crippen LogP contribution is 2.49. The minimum atomic E-state index is -0.928. The van der Waals surface area contributed by atoms with Crippen molar-refractivity contribution in [1.29, 1.82) is 0 Å². The summed E-state index contributed by atoms with van der Waals surface area (Å²) in [6.45, 7) is 0. The standard InChI is InChI=1S/C33H30FNO5/c1-39-29-20-27-25(19-26(29)33(38)12-2-13-33)28(11-16-35-27)40-24-9-5-22(6-10-24)18-31(37)32(14-15-32)30(36)17-21-3-7-23(34)8-4-21/h3-11,16,19-20,38H,2,12-15,17-18H2,1H3. The molecule has 4 aromatic rings. The van der Waals surface area contributed by atoms with Gasteiger partial charge in [0.25, 0.3) is 0 Å². The molecule has 6 nitrogen and oxygen atoms in total. The number of benzene rings is 3. The van der Waals surface area contributed by atoms with E-state index in [9.17, 15) is 19.1 Å². The van der Waals surface area contributed by atoms with Gasteiger partial charge in [-0.05, 0) is 79.6 Å². The first kappa shape index (κ1) is 26.1. The molecular formula is C33H30FNO5. The molecular weight excluding hydrogens is 509 g/mol. The maximum atomic E-state index is 13.2. The van der Waals surface area contributed by atoms with Gasteiger partial charge in [-0.15, -0.1) is 0 Å². The normalized spacial score (nSPS) is 16.7. The van der Waals surface area contributed by atoms with E-state index in [1.54, 1.807) is 43.6 Å². The zero-order valence-electron chi connectivity index (χ0n) is 22.3. The van der Waals surface area contributed by atoms with Gasteiger partial charge in [-0.25, -0.2) is 4.39 Å². The zero-order valence-corrected chi connectivity index (χ0v) is 22.3. The molecule has 2 fully saturated rings. The van der Waals surface area contributed by atoms with Gasteiger partial charge in [0.1, 0.15) is 23.1 Å². The molecule has 1 N–H and O–H groups in total. The number of hydrogen-bond donors (Lipinski definition) is 1. The van der Waals surface area contributed by atoms with E-state index in [0.29, 0.717) is 54.0 Å². The smallest absolute Gasteiger partial charge is 0.150 e. The fourth-order valence-corrected chi connectivity index (χ4v) is 5.50. The Hall–Kier alpha value is -4.10. The maximum Gasteiger partial charge on any atom is 0.150 e. The summed E-state index contributed by atoms with van der Waals surface area (Å²) in [6.07, 6.45) is 5.41. The number of fused-ring (bicyclic) bond motifs is 1. The van der Waals surface area contributed by atoms with Crippen molar-refractivity contribution in [1.82, 2.24) is 4.98 Å². The lowest BCUT2D eigenvalue weighted by atomic mass is 9.74. The molecule has 7 heteroatoms. The molecule has 0 saturated heterocycles. The predicted octanol–water partition coefficient (Wildman–Crippen LogP) is 6.25. The van der Waals surface area contributed by atoms with Crippen molar-refractivity contribution >= 4 is 22.5 Å². The number of rotatable bonds is 10. The van der Waals surface area contributed by atoms with Gasteiger partial charge in [-0.1, -0.05) is 24.3 Å². The Morgan fingerprint density at radius 2 is 1.50 bits per heavy atom. The molecule has 2 aliphatic carbocycles. The van der Waals surface area contributed by atoms with E-state index in [1.807, 2.05) is 24.3 Å². The number of aliphatic hydroxyl groups is 1. The fraction of sp³-hybridized carbons (Fsp3) is 0.303. The van der Waals surface area contributed by atoms with Gasteiger partial charge in [0.15, 0.2) is 11.6 Å². The molecule has 40 heavy (non-hydrogen) atoms. The summed E-state index contributed by atoms with van der Waals surface area (Å²) in [6, 6.07) is 18.6. The topological polar surface area (TPSA) is 85.7 Å². The second-order valence-electron chi connectivity index (χ2n) is 10.9. The van der Waals surface area contributed by atoms with Crippen molar-refractivity contribution < 1.29 is 28.6 Å². The van der Waals surface area contributed by atoms with Crippen LogP contribution in [-0.4, -0.2) is 28.8 Å². The van der Waals surface area contributed by atoms with Gasteiger partial charge < -0.3 is 14.6 Å². The number of hydrogen-bond acceptors (Lipinski definition) is 6. The van der Waals surface area contributed by atoms with E-state index in [2.05, 4.69) is 4.98 Å². The molecule has 204 valence electrons. The first-order chi connectivity index (χ1) is 19.3. The molecule has 0 radical (unpaired) electrons. The van der Waals surface area contributed by atoms with Crippen molar-refractivity contribution in [3.63, 3.8) is 0 Å². The highest BCUT2D eigenvalue weighted by atomic mass is 19.1. The number of aromatic nitrogens is 1. The predicted molar refractivity (Wildman–Crippen MR) is 148 cm³/mol. The van der Waals surface area contributed by atoms with E-state index in [-0.39, 0.29) is 30.2 Å². The maximum absolute atomic E-state index is 13.2. The average molecular weight is 540 g/mol. The molecule has 0 bridgehead atoms. The summed E-state index contributed by atoms with van der Waals surface area (Å²) in [7, 11) is 1.59. The highest BCUT2D eigenvalue weighted by molar-refractivity contribution is 6.10. The van der Waals surface area contributed by atoms with Gasteiger partial charge in [0.2, 0.25) is 0 Å². The van der Waals surface area contributed by atoms with Crippen molar-refractivity contribution in [3.05, 3.63) is 95.4 Å². The molecule has 2 saturated carbocycles. The van der Waals surface area contributed by atoms with Gasteiger partial charge in [0.05, 0.1) is 23.6 Å². The molecule has 1 heterocycles. The van der Waals surface area contributed by atoms with Crippen LogP contribution in [-0.2, 0) is 28.0 Å². The number of nitrogens with zero attached hydrogens (tertiary/aromatic N) is 1. The number of pyridine rings is 1. The monoisotopic (exact) mass is 539 g/mol. The number of carbonyl (C=O) groups is 2. The van der Waals surface area contributed by atoms with Crippen LogP contribution in [0.25, 0.3) is 10.9 Å². The van der Waals surface area contributed by atoms with Crippen LogP contribution in [0, 0.1) is 11.2 Å². The van der Waals surface area contributed by atoms with E-state index < -0.39 is 11.0 Å².